The molecule has 8 nitrogen and oxygen atoms in total. The smallest absolute Gasteiger partial charge is 0.343 e. The summed E-state index contributed by atoms with van der Waals surface area (Å²) in [6.07, 6.45) is 0.687. The van der Waals surface area contributed by atoms with Gasteiger partial charge < -0.3 is 19.5 Å². The summed E-state index contributed by atoms with van der Waals surface area (Å²) < 4.78 is 40.1. The third-order valence-corrected chi connectivity index (χ3v) is 4.37. The second-order valence-electron chi connectivity index (χ2n) is 6.47. The average molecular weight is 420 g/mol. The number of ether oxygens (including phenoxy) is 2. The molecule has 0 radical (unpaired) electrons. The van der Waals surface area contributed by atoms with E-state index in [-0.39, 0.29) is 36.7 Å². The minimum atomic E-state index is -1.62. The molecule has 160 valence electrons. The second-order valence-corrected chi connectivity index (χ2v) is 6.47. The molecule has 1 aromatic carbocycles. The van der Waals surface area contributed by atoms with E-state index in [1.807, 2.05) is 0 Å². The van der Waals surface area contributed by atoms with Crippen molar-refractivity contribution in [3.8, 4) is 5.75 Å². The molecule has 1 atom stereocenters. The zero-order valence-electron chi connectivity index (χ0n) is 16.6. The van der Waals surface area contributed by atoms with Gasteiger partial charge in [-0.2, -0.15) is 5.10 Å². The third kappa shape index (κ3) is 4.65. The molecule has 30 heavy (non-hydrogen) atoms. The molecule has 0 amide bonds. The van der Waals surface area contributed by atoms with Gasteiger partial charge in [-0.25, -0.2) is 23.1 Å². The van der Waals surface area contributed by atoms with Crippen molar-refractivity contribution in [2.75, 3.05) is 31.8 Å². The Balaban J connectivity index is 2.01. The van der Waals surface area contributed by atoms with Gasteiger partial charge in [0.2, 0.25) is 0 Å². The lowest BCUT2D eigenvalue weighted by molar-refractivity contribution is 0.0528. The highest BCUT2D eigenvalue weighted by Crippen LogP contribution is 2.23. The Kier molecular flexibility index (Phi) is 6.78. The molecule has 0 aliphatic rings. The van der Waals surface area contributed by atoms with Crippen LogP contribution in [-0.4, -0.2) is 58.7 Å². The standard InChI is InChI=1S/C20H22F2N4O4/c1-3-30-20(28)16-8-23-26-11-17(22)19(24-18(16)26)25(10-14(21)12-27)9-13-4-6-15(29-2)7-5-13/h4-8,11,14,27H,3,9-10,12H2,1-2H3/t14-/m1/s1. The van der Waals surface area contributed by atoms with Crippen molar-refractivity contribution >= 4 is 17.4 Å². The maximum atomic E-state index is 14.8. The van der Waals surface area contributed by atoms with Crippen molar-refractivity contribution in [3.63, 3.8) is 0 Å². The van der Waals surface area contributed by atoms with Crippen LogP contribution >= 0.6 is 0 Å². The summed E-state index contributed by atoms with van der Waals surface area (Å²) in [6, 6.07) is 6.99. The topological polar surface area (TPSA) is 89.2 Å². The van der Waals surface area contributed by atoms with E-state index < -0.39 is 24.6 Å². The molecular formula is C20H22F2N4O4. The predicted octanol–water partition coefficient (Wildman–Crippen LogP) is 2.39. The molecule has 0 spiro atoms. The highest BCUT2D eigenvalue weighted by molar-refractivity contribution is 5.95. The normalized spacial score (nSPS) is 12.0. The Bertz CT molecular complexity index is 1010. The fourth-order valence-electron chi connectivity index (χ4n) is 2.93. The Morgan fingerprint density at radius 1 is 1.33 bits per heavy atom. The van der Waals surface area contributed by atoms with Gasteiger partial charge in [-0.15, -0.1) is 0 Å². The van der Waals surface area contributed by atoms with E-state index in [2.05, 4.69) is 10.1 Å². The van der Waals surface area contributed by atoms with Crippen LogP contribution in [0.5, 0.6) is 5.75 Å². The minimum Gasteiger partial charge on any atom is -0.497 e. The summed E-state index contributed by atoms with van der Waals surface area (Å²) in [6.45, 7) is 0.922. The van der Waals surface area contributed by atoms with Crippen LogP contribution in [0, 0.1) is 5.82 Å². The SMILES string of the molecule is CCOC(=O)c1cnn2cc(F)c(N(Cc3ccc(OC)cc3)C[C@@H](F)CO)nc12. The van der Waals surface area contributed by atoms with Crippen LogP contribution in [0.25, 0.3) is 5.65 Å². The molecular weight excluding hydrogens is 398 g/mol. The first kappa shape index (κ1) is 21.4. The first-order valence-electron chi connectivity index (χ1n) is 9.30. The van der Waals surface area contributed by atoms with Crippen molar-refractivity contribution in [1.82, 2.24) is 14.6 Å². The van der Waals surface area contributed by atoms with Crippen molar-refractivity contribution in [2.45, 2.75) is 19.6 Å². The maximum Gasteiger partial charge on any atom is 0.343 e. The van der Waals surface area contributed by atoms with Gasteiger partial charge >= 0.3 is 5.97 Å². The molecule has 10 heteroatoms. The van der Waals surface area contributed by atoms with Crippen LogP contribution in [0.15, 0.2) is 36.7 Å². The molecule has 0 saturated heterocycles. The minimum absolute atomic E-state index is 0.0708. The van der Waals surface area contributed by atoms with Gasteiger partial charge in [0.1, 0.15) is 17.5 Å². The lowest BCUT2D eigenvalue weighted by Crippen LogP contribution is -2.33. The number of anilines is 1. The number of carbonyl (C=O) groups is 1. The van der Waals surface area contributed by atoms with Crippen molar-refractivity contribution in [2.24, 2.45) is 0 Å². The van der Waals surface area contributed by atoms with Gasteiger partial charge in [0.25, 0.3) is 0 Å². The van der Waals surface area contributed by atoms with E-state index in [0.29, 0.717) is 5.75 Å². The second kappa shape index (κ2) is 9.49. The number of benzene rings is 1. The largest absolute Gasteiger partial charge is 0.497 e. The Morgan fingerprint density at radius 2 is 2.07 bits per heavy atom. The number of aliphatic hydroxyl groups is 1. The molecule has 2 heterocycles. The average Bonchev–Trinajstić information content (AvgIpc) is 3.16. The number of hydrogen-bond acceptors (Lipinski definition) is 7. The summed E-state index contributed by atoms with van der Waals surface area (Å²) in [4.78, 5) is 17.7. The van der Waals surface area contributed by atoms with Gasteiger partial charge in [0.15, 0.2) is 17.3 Å². The third-order valence-electron chi connectivity index (χ3n) is 4.37. The first-order chi connectivity index (χ1) is 14.5. The highest BCUT2D eigenvalue weighted by atomic mass is 19.1. The lowest BCUT2D eigenvalue weighted by atomic mass is 10.2. The van der Waals surface area contributed by atoms with E-state index in [4.69, 9.17) is 14.6 Å². The molecule has 3 aromatic rings. The number of halogens is 2. The first-order valence-corrected chi connectivity index (χ1v) is 9.30. The lowest BCUT2D eigenvalue weighted by Gasteiger charge is -2.25. The Labute approximate surface area is 171 Å². The molecule has 0 bridgehead atoms. The zero-order chi connectivity index (χ0) is 21.7. The fourth-order valence-corrected chi connectivity index (χ4v) is 2.93. The van der Waals surface area contributed by atoms with Crippen molar-refractivity contribution in [1.29, 1.82) is 0 Å². The van der Waals surface area contributed by atoms with Crippen LogP contribution in [0.3, 0.4) is 0 Å². The number of rotatable bonds is 9. The molecule has 0 saturated carbocycles. The van der Waals surface area contributed by atoms with E-state index in [9.17, 15) is 13.6 Å². The van der Waals surface area contributed by atoms with Gasteiger partial charge in [-0.1, -0.05) is 12.1 Å². The molecule has 3 rings (SSSR count). The number of aromatic nitrogens is 3. The van der Waals surface area contributed by atoms with Crippen LogP contribution in [0.1, 0.15) is 22.8 Å². The van der Waals surface area contributed by atoms with E-state index in [1.54, 1.807) is 31.2 Å². The van der Waals surface area contributed by atoms with Gasteiger partial charge in [-0.3, -0.25) is 0 Å². The molecule has 1 N–H and O–H groups in total. The summed E-state index contributed by atoms with van der Waals surface area (Å²) >= 11 is 0. The molecule has 0 aliphatic carbocycles. The zero-order valence-corrected chi connectivity index (χ0v) is 16.6. The van der Waals surface area contributed by atoms with Crippen LogP contribution in [0.4, 0.5) is 14.6 Å². The number of methoxy groups -OCH3 is 1. The number of nitrogens with zero attached hydrogens (tertiary/aromatic N) is 4. The molecule has 2 aromatic heterocycles. The number of fused-ring (bicyclic) bond motifs is 1. The summed E-state index contributed by atoms with van der Waals surface area (Å²) in [5.74, 6) is -0.911. The maximum absolute atomic E-state index is 14.8. The molecule has 0 unspecified atom stereocenters. The Hall–Kier alpha value is -3.27. The number of esters is 1. The van der Waals surface area contributed by atoms with E-state index in [1.165, 1.54) is 18.2 Å². The van der Waals surface area contributed by atoms with Crippen molar-refractivity contribution < 1.29 is 28.2 Å². The predicted molar refractivity (Wildman–Crippen MR) is 105 cm³/mol. The summed E-state index contributed by atoms with van der Waals surface area (Å²) in [5, 5.41) is 13.1. The van der Waals surface area contributed by atoms with Crippen LogP contribution in [-0.2, 0) is 11.3 Å². The van der Waals surface area contributed by atoms with Gasteiger partial charge in [-0.05, 0) is 24.6 Å². The van der Waals surface area contributed by atoms with Gasteiger partial charge in [0, 0.05) is 6.54 Å². The summed E-state index contributed by atoms with van der Waals surface area (Å²) in [5.41, 5.74) is 0.909. The monoisotopic (exact) mass is 420 g/mol. The van der Waals surface area contributed by atoms with Crippen LogP contribution < -0.4 is 9.64 Å². The summed E-state index contributed by atoms with van der Waals surface area (Å²) in [7, 11) is 1.54. The quantitative estimate of drug-likeness (QED) is 0.532. The number of hydrogen-bond donors (Lipinski definition) is 1. The Morgan fingerprint density at radius 3 is 2.70 bits per heavy atom. The number of alkyl halides is 1. The number of carbonyl (C=O) groups excluding carboxylic acids is 1. The fraction of sp³-hybridized carbons (Fsp3) is 0.350. The van der Waals surface area contributed by atoms with Crippen LogP contribution in [0.2, 0.25) is 0 Å². The van der Waals surface area contributed by atoms with Crippen molar-refractivity contribution in [3.05, 3.63) is 53.6 Å². The van der Waals surface area contributed by atoms with E-state index in [0.717, 1.165) is 16.3 Å². The molecule has 0 fully saturated rings. The highest BCUT2D eigenvalue weighted by Gasteiger charge is 2.23. The molecule has 0 aliphatic heterocycles. The van der Waals surface area contributed by atoms with E-state index >= 15 is 0 Å². The number of aliphatic hydroxyl groups excluding tert-OH is 1. The van der Waals surface area contributed by atoms with Gasteiger partial charge in [0.05, 0.1) is 39.3 Å².